The van der Waals surface area contributed by atoms with Crippen LogP contribution in [0.2, 0.25) is 0 Å². The summed E-state index contributed by atoms with van der Waals surface area (Å²) in [6, 6.07) is 3.99. The SMILES string of the molecule is NC(N)=NCCC[C@H](NC(=O)[C@@H]1CCCN1C(=O)[C@H](N)Cc1ccc(O)cc1)C(=O)Cl. The Morgan fingerprint density at radius 1 is 1.26 bits per heavy atom. The molecule has 11 heteroatoms. The third-order valence-corrected chi connectivity index (χ3v) is 5.35. The van der Waals surface area contributed by atoms with E-state index in [9.17, 15) is 19.5 Å². The number of guanidine groups is 1. The summed E-state index contributed by atoms with van der Waals surface area (Å²) < 4.78 is 0. The second-order valence-corrected chi connectivity index (χ2v) is 7.85. The summed E-state index contributed by atoms with van der Waals surface area (Å²) in [4.78, 5) is 42.7. The highest BCUT2D eigenvalue weighted by Gasteiger charge is 2.37. The first-order valence-electron chi connectivity index (χ1n) is 10.1. The number of nitrogens with one attached hydrogen (secondary N) is 1. The molecule has 0 spiro atoms. The molecule has 10 nitrogen and oxygen atoms in total. The molecule has 8 N–H and O–H groups in total. The predicted molar refractivity (Wildman–Crippen MR) is 117 cm³/mol. The minimum Gasteiger partial charge on any atom is -0.508 e. The van der Waals surface area contributed by atoms with Gasteiger partial charge in [0.25, 0.3) is 0 Å². The van der Waals surface area contributed by atoms with Crippen molar-refractivity contribution in [3.8, 4) is 5.75 Å². The number of phenolic OH excluding ortho intramolecular Hbond substituents is 1. The van der Waals surface area contributed by atoms with Crippen molar-refractivity contribution in [3.63, 3.8) is 0 Å². The van der Waals surface area contributed by atoms with E-state index in [4.69, 9.17) is 28.8 Å². The third kappa shape index (κ3) is 7.41. The van der Waals surface area contributed by atoms with Crippen LogP contribution >= 0.6 is 11.6 Å². The molecule has 0 unspecified atom stereocenters. The molecule has 31 heavy (non-hydrogen) atoms. The van der Waals surface area contributed by atoms with Crippen LogP contribution in [0.3, 0.4) is 0 Å². The highest BCUT2D eigenvalue weighted by Crippen LogP contribution is 2.20. The average Bonchev–Trinajstić information content (AvgIpc) is 3.20. The Kier molecular flexibility index (Phi) is 9.07. The molecular weight excluding hydrogens is 424 g/mol. The van der Waals surface area contributed by atoms with Crippen LogP contribution < -0.4 is 22.5 Å². The van der Waals surface area contributed by atoms with Crippen molar-refractivity contribution in [3.05, 3.63) is 29.8 Å². The lowest BCUT2D eigenvalue weighted by molar-refractivity contribution is -0.140. The first-order chi connectivity index (χ1) is 14.7. The van der Waals surface area contributed by atoms with Crippen molar-refractivity contribution in [1.82, 2.24) is 10.2 Å². The maximum absolute atomic E-state index is 12.9. The Hall–Kier alpha value is -2.85. The number of carbonyl (C=O) groups excluding carboxylic acids is 3. The molecule has 0 radical (unpaired) electrons. The van der Waals surface area contributed by atoms with Crippen LogP contribution in [0.1, 0.15) is 31.2 Å². The monoisotopic (exact) mass is 452 g/mol. The van der Waals surface area contributed by atoms with Gasteiger partial charge in [-0.1, -0.05) is 12.1 Å². The number of aromatic hydroxyl groups is 1. The summed E-state index contributed by atoms with van der Waals surface area (Å²) in [5.74, 6) is -0.709. The van der Waals surface area contributed by atoms with Gasteiger partial charge < -0.3 is 32.5 Å². The Bertz CT molecular complexity index is 812. The molecule has 1 fully saturated rings. The minimum absolute atomic E-state index is 0.0541. The Balaban J connectivity index is 1.96. The molecule has 1 aliphatic rings. The molecule has 1 aromatic carbocycles. The van der Waals surface area contributed by atoms with E-state index in [1.807, 2.05) is 0 Å². The lowest BCUT2D eigenvalue weighted by Crippen LogP contribution is -2.53. The van der Waals surface area contributed by atoms with Crippen molar-refractivity contribution in [2.75, 3.05) is 13.1 Å². The molecule has 2 amide bonds. The van der Waals surface area contributed by atoms with E-state index in [0.29, 0.717) is 32.4 Å². The molecule has 0 saturated carbocycles. The van der Waals surface area contributed by atoms with Crippen LogP contribution in [0, 0.1) is 0 Å². The van der Waals surface area contributed by atoms with Crippen molar-refractivity contribution < 1.29 is 19.5 Å². The van der Waals surface area contributed by atoms with Gasteiger partial charge in [0, 0.05) is 13.1 Å². The lowest BCUT2D eigenvalue weighted by atomic mass is 10.0. The lowest BCUT2D eigenvalue weighted by Gasteiger charge is -2.28. The van der Waals surface area contributed by atoms with Gasteiger partial charge in [0.1, 0.15) is 17.8 Å². The molecule has 1 saturated heterocycles. The van der Waals surface area contributed by atoms with Crippen molar-refractivity contribution in [2.24, 2.45) is 22.2 Å². The number of carbonyl (C=O) groups is 3. The molecule has 0 aliphatic carbocycles. The summed E-state index contributed by atoms with van der Waals surface area (Å²) >= 11 is 5.63. The number of benzene rings is 1. The van der Waals surface area contributed by atoms with Crippen LogP contribution in [-0.2, 0) is 20.8 Å². The number of likely N-dealkylation sites (tertiary alicyclic amines) is 1. The first-order valence-corrected chi connectivity index (χ1v) is 10.5. The van der Waals surface area contributed by atoms with E-state index < -0.39 is 29.3 Å². The number of hydrogen-bond acceptors (Lipinski definition) is 6. The number of phenols is 1. The fraction of sp³-hybridized carbons (Fsp3) is 0.500. The van der Waals surface area contributed by atoms with Crippen LogP contribution in [0.5, 0.6) is 5.75 Å². The third-order valence-electron chi connectivity index (χ3n) is 5.08. The zero-order valence-electron chi connectivity index (χ0n) is 17.2. The molecule has 170 valence electrons. The van der Waals surface area contributed by atoms with E-state index in [2.05, 4.69) is 10.3 Å². The van der Waals surface area contributed by atoms with E-state index in [0.717, 1.165) is 5.56 Å². The Morgan fingerprint density at radius 3 is 2.55 bits per heavy atom. The summed E-state index contributed by atoms with van der Waals surface area (Å²) in [6.45, 7) is 0.712. The maximum Gasteiger partial charge on any atom is 0.243 e. The first kappa shape index (κ1) is 24.4. The van der Waals surface area contributed by atoms with Crippen LogP contribution in [0.4, 0.5) is 0 Å². The quantitative estimate of drug-likeness (QED) is 0.138. The van der Waals surface area contributed by atoms with E-state index in [-0.39, 0.29) is 30.5 Å². The number of nitrogens with zero attached hydrogens (tertiary/aromatic N) is 2. The highest BCUT2D eigenvalue weighted by molar-refractivity contribution is 6.64. The second-order valence-electron chi connectivity index (χ2n) is 7.48. The average molecular weight is 453 g/mol. The molecule has 1 aromatic rings. The van der Waals surface area contributed by atoms with Gasteiger partial charge in [-0.3, -0.25) is 19.4 Å². The van der Waals surface area contributed by atoms with E-state index in [1.54, 1.807) is 12.1 Å². The number of aliphatic imine (C=N–C) groups is 1. The largest absolute Gasteiger partial charge is 0.508 e. The molecule has 1 aliphatic heterocycles. The van der Waals surface area contributed by atoms with Crippen molar-refractivity contribution >= 4 is 34.6 Å². The smallest absolute Gasteiger partial charge is 0.243 e. The Labute approximate surface area is 185 Å². The molecule has 1 heterocycles. The van der Waals surface area contributed by atoms with Gasteiger partial charge in [-0.15, -0.1) is 0 Å². The summed E-state index contributed by atoms with van der Waals surface area (Å²) in [5, 5.41) is 11.3. The molecule has 3 atom stereocenters. The number of halogens is 1. The molecule has 0 bridgehead atoms. The van der Waals surface area contributed by atoms with Crippen molar-refractivity contribution in [1.29, 1.82) is 0 Å². The topological polar surface area (TPSA) is 177 Å². The summed E-state index contributed by atoms with van der Waals surface area (Å²) in [6.07, 6.45) is 2.12. The molecule has 0 aromatic heterocycles. The molecule has 2 rings (SSSR count). The maximum atomic E-state index is 12.9. The predicted octanol–water partition coefficient (Wildman–Crippen LogP) is -0.443. The second kappa shape index (κ2) is 11.5. The van der Waals surface area contributed by atoms with Crippen LogP contribution in [-0.4, -0.2) is 64.2 Å². The minimum atomic E-state index is -0.897. The van der Waals surface area contributed by atoms with Gasteiger partial charge in [-0.25, -0.2) is 0 Å². The number of hydrogen-bond donors (Lipinski definition) is 5. The van der Waals surface area contributed by atoms with E-state index >= 15 is 0 Å². The van der Waals surface area contributed by atoms with Gasteiger partial charge in [0.15, 0.2) is 5.96 Å². The van der Waals surface area contributed by atoms with Crippen LogP contribution in [0.25, 0.3) is 0 Å². The zero-order chi connectivity index (χ0) is 23.0. The van der Waals surface area contributed by atoms with Gasteiger partial charge in [-0.2, -0.15) is 0 Å². The standard InChI is InChI=1S/C20H29ClN6O4/c21-17(29)15(3-1-9-25-20(23)24)26-18(30)16-4-2-10-27(16)19(31)14(22)11-12-5-7-13(28)8-6-12/h5-8,14-16,28H,1-4,9-11,22H2,(H,26,30)(H4,23,24,25)/t14-,15+,16+/m1/s1. The number of rotatable bonds is 10. The summed E-state index contributed by atoms with van der Waals surface area (Å²) in [7, 11) is 0. The van der Waals surface area contributed by atoms with Gasteiger partial charge in [0.2, 0.25) is 17.1 Å². The van der Waals surface area contributed by atoms with Gasteiger partial charge >= 0.3 is 0 Å². The summed E-state index contributed by atoms with van der Waals surface area (Å²) in [5.41, 5.74) is 17.4. The molecular formula is C20H29ClN6O4. The fourth-order valence-corrected chi connectivity index (χ4v) is 3.67. The number of amides is 2. The van der Waals surface area contributed by atoms with Crippen LogP contribution in [0.15, 0.2) is 29.3 Å². The zero-order valence-corrected chi connectivity index (χ0v) is 17.9. The Morgan fingerprint density at radius 2 is 1.94 bits per heavy atom. The normalized spacial score (nSPS) is 17.6. The highest BCUT2D eigenvalue weighted by atomic mass is 35.5. The van der Waals surface area contributed by atoms with Crippen molar-refractivity contribution in [2.45, 2.75) is 50.2 Å². The van der Waals surface area contributed by atoms with E-state index in [1.165, 1.54) is 17.0 Å². The van der Waals surface area contributed by atoms with Gasteiger partial charge in [-0.05, 0) is 61.4 Å². The number of nitrogens with two attached hydrogens (primary N) is 3. The fourth-order valence-electron chi connectivity index (χ4n) is 3.50. The van der Waals surface area contributed by atoms with Gasteiger partial charge in [0.05, 0.1) is 6.04 Å².